The first-order valence-corrected chi connectivity index (χ1v) is 20.1. The average Bonchev–Trinajstić information content (AvgIpc) is 3.90. The van der Waals surface area contributed by atoms with Crippen molar-refractivity contribution in [3.05, 3.63) is 222 Å². The zero-order valence-corrected chi connectivity index (χ0v) is 31.2. The van der Waals surface area contributed by atoms with Crippen LogP contribution in [-0.2, 0) is 5.41 Å². The van der Waals surface area contributed by atoms with Crippen LogP contribution >= 0.6 is 11.3 Å². The second kappa shape index (κ2) is 12.1. The molecule has 12 rings (SSSR count). The number of pyridine rings is 1. The molecule has 1 nitrogen and oxygen atoms in total. The fourth-order valence-corrected chi connectivity index (χ4v) is 11.1. The molecule has 0 saturated heterocycles. The van der Waals surface area contributed by atoms with Crippen molar-refractivity contribution in [2.24, 2.45) is 0 Å². The van der Waals surface area contributed by atoms with Gasteiger partial charge >= 0.3 is 0 Å². The molecule has 0 unspecified atom stereocenters. The Morgan fingerprint density at radius 1 is 0.357 bits per heavy atom. The van der Waals surface area contributed by atoms with Crippen molar-refractivity contribution in [3.8, 4) is 67.0 Å². The number of thiophene rings is 1. The van der Waals surface area contributed by atoms with Gasteiger partial charge in [-0.2, -0.15) is 0 Å². The molecule has 0 N–H and O–H groups in total. The minimum Gasteiger partial charge on any atom is -0.248 e. The summed E-state index contributed by atoms with van der Waals surface area (Å²) >= 11 is 1.96. The van der Waals surface area contributed by atoms with Crippen molar-refractivity contribution >= 4 is 32.2 Å². The lowest BCUT2D eigenvalue weighted by molar-refractivity contribution is 0.812. The van der Waals surface area contributed by atoms with E-state index in [0.29, 0.717) is 0 Å². The van der Waals surface area contributed by atoms with Crippen LogP contribution in [0.3, 0.4) is 0 Å². The summed E-state index contributed by atoms with van der Waals surface area (Å²) in [5.41, 5.74) is 18.1. The van der Waals surface area contributed by atoms with Gasteiger partial charge in [0.05, 0.1) is 16.8 Å². The van der Waals surface area contributed by atoms with Gasteiger partial charge in [0.2, 0.25) is 0 Å². The summed E-state index contributed by atoms with van der Waals surface area (Å²) < 4.78 is 1.34. The normalized spacial score (nSPS) is 13.1. The third-order valence-corrected chi connectivity index (χ3v) is 13.4. The molecule has 0 aliphatic heterocycles. The van der Waals surface area contributed by atoms with E-state index in [-0.39, 0.29) is 5.41 Å². The maximum absolute atomic E-state index is 5.28. The van der Waals surface area contributed by atoms with E-state index in [9.17, 15) is 0 Å². The van der Waals surface area contributed by atoms with Gasteiger partial charge in [-0.3, -0.25) is 0 Å². The van der Waals surface area contributed by atoms with Gasteiger partial charge in [0, 0.05) is 31.7 Å². The zero-order chi connectivity index (χ0) is 36.8. The topological polar surface area (TPSA) is 12.9 Å². The summed E-state index contributed by atoms with van der Waals surface area (Å²) in [7, 11) is 0. The Morgan fingerprint density at radius 3 is 1.75 bits per heavy atom. The molecule has 0 radical (unpaired) electrons. The minimum atomic E-state index is -0.342. The van der Waals surface area contributed by atoms with Gasteiger partial charge in [0.15, 0.2) is 0 Å². The van der Waals surface area contributed by atoms with E-state index >= 15 is 0 Å². The van der Waals surface area contributed by atoms with E-state index in [2.05, 4.69) is 200 Å². The van der Waals surface area contributed by atoms with Crippen LogP contribution in [0.5, 0.6) is 0 Å². The quantitative estimate of drug-likeness (QED) is 0.176. The third-order valence-electron chi connectivity index (χ3n) is 12.1. The van der Waals surface area contributed by atoms with E-state index < -0.39 is 0 Å². The molecule has 0 saturated carbocycles. The summed E-state index contributed by atoms with van der Waals surface area (Å²) in [5.74, 6) is 0. The third kappa shape index (κ3) is 4.45. The number of rotatable bonds is 4. The molecule has 2 heteroatoms. The molecule has 0 bridgehead atoms. The molecule has 0 fully saturated rings. The maximum Gasteiger partial charge on any atom is 0.0819 e. The van der Waals surface area contributed by atoms with Gasteiger partial charge in [-0.25, -0.2) is 4.98 Å². The molecule has 2 heterocycles. The Morgan fingerprint density at radius 2 is 0.929 bits per heavy atom. The van der Waals surface area contributed by atoms with Crippen LogP contribution in [-0.4, -0.2) is 4.98 Å². The zero-order valence-electron chi connectivity index (χ0n) is 30.4. The fraction of sp³-hybridized carbons (Fsp3) is 0.0185. The van der Waals surface area contributed by atoms with Gasteiger partial charge in [0.25, 0.3) is 0 Å². The largest absolute Gasteiger partial charge is 0.248 e. The van der Waals surface area contributed by atoms with Crippen molar-refractivity contribution in [1.29, 1.82) is 0 Å². The second-order valence-corrected chi connectivity index (χ2v) is 16.1. The number of hydrogen-bond donors (Lipinski definition) is 0. The standard InChI is InChI=1S/C54H33NS/c1-2-15-35(16-3-1)49-32-39(33-50(55-49)43-24-13-17-34-14-4-5-20-40(34)43)37-19-12-18-36(30-37)38-28-29-48-45(31-38)52-44-23-8-11-27-51(44)56-53(52)54(48)46-25-9-6-21-41(46)42-22-7-10-26-47(42)54/h1-33H. The minimum absolute atomic E-state index is 0.342. The van der Waals surface area contributed by atoms with Crippen LogP contribution in [0.25, 0.3) is 87.9 Å². The lowest BCUT2D eigenvalue weighted by Crippen LogP contribution is -2.24. The number of aromatic nitrogens is 1. The molecule has 2 aromatic heterocycles. The molecule has 10 aromatic rings. The number of hydrogen-bond acceptors (Lipinski definition) is 2. The van der Waals surface area contributed by atoms with Crippen LogP contribution in [0.15, 0.2) is 200 Å². The molecule has 56 heavy (non-hydrogen) atoms. The van der Waals surface area contributed by atoms with E-state index in [1.807, 2.05) is 11.3 Å². The first kappa shape index (κ1) is 31.5. The van der Waals surface area contributed by atoms with Gasteiger partial charge in [0.1, 0.15) is 0 Å². The highest BCUT2D eigenvalue weighted by molar-refractivity contribution is 7.20. The Hall–Kier alpha value is -6.87. The van der Waals surface area contributed by atoms with E-state index in [0.717, 1.165) is 28.1 Å². The number of fused-ring (bicyclic) bond motifs is 13. The van der Waals surface area contributed by atoms with E-state index in [1.54, 1.807) is 0 Å². The van der Waals surface area contributed by atoms with Crippen molar-refractivity contribution in [2.45, 2.75) is 5.41 Å². The first-order valence-electron chi connectivity index (χ1n) is 19.3. The smallest absolute Gasteiger partial charge is 0.0819 e. The predicted octanol–water partition coefficient (Wildman–Crippen LogP) is 14.5. The molecule has 0 amide bonds. The van der Waals surface area contributed by atoms with E-state index in [1.165, 1.54) is 81.4 Å². The van der Waals surface area contributed by atoms with Crippen LogP contribution in [0, 0.1) is 0 Å². The highest BCUT2D eigenvalue weighted by atomic mass is 32.1. The van der Waals surface area contributed by atoms with Gasteiger partial charge in [-0.15, -0.1) is 11.3 Å². The molecule has 2 aliphatic carbocycles. The van der Waals surface area contributed by atoms with Gasteiger partial charge in [-0.05, 0) is 96.7 Å². The molecule has 8 aromatic carbocycles. The monoisotopic (exact) mass is 727 g/mol. The Labute approximate surface area is 329 Å². The lowest BCUT2D eigenvalue weighted by atomic mass is 9.73. The van der Waals surface area contributed by atoms with Crippen molar-refractivity contribution in [2.75, 3.05) is 0 Å². The predicted molar refractivity (Wildman–Crippen MR) is 235 cm³/mol. The average molecular weight is 728 g/mol. The highest BCUT2D eigenvalue weighted by Gasteiger charge is 2.53. The second-order valence-electron chi connectivity index (χ2n) is 15.0. The van der Waals surface area contributed by atoms with Crippen molar-refractivity contribution in [3.63, 3.8) is 0 Å². The number of benzene rings is 8. The lowest BCUT2D eigenvalue weighted by Gasteiger charge is -2.29. The summed E-state index contributed by atoms with van der Waals surface area (Å²) in [4.78, 5) is 6.71. The molecule has 1 spiro atoms. The fourth-order valence-electron chi connectivity index (χ4n) is 9.65. The Kier molecular flexibility index (Phi) is 6.78. The van der Waals surface area contributed by atoms with E-state index in [4.69, 9.17) is 4.98 Å². The van der Waals surface area contributed by atoms with Crippen LogP contribution in [0.2, 0.25) is 0 Å². The molecular weight excluding hydrogens is 695 g/mol. The molecule has 0 atom stereocenters. The summed E-state index contributed by atoms with van der Waals surface area (Å²) in [6.45, 7) is 0. The summed E-state index contributed by atoms with van der Waals surface area (Å²) in [6, 6.07) is 73.5. The van der Waals surface area contributed by atoms with Crippen molar-refractivity contribution in [1.82, 2.24) is 4.98 Å². The SMILES string of the molecule is c1ccc(-c2cc(-c3cccc(-c4ccc5c(c4)-c4c(sc6ccccc46)C54c5ccccc5-c5ccccc54)c3)cc(-c3cccc4ccccc34)n2)cc1. The molecule has 260 valence electrons. The summed E-state index contributed by atoms with van der Waals surface area (Å²) in [6.07, 6.45) is 0. The Balaban J connectivity index is 1.05. The first-order chi connectivity index (χ1) is 27.8. The van der Waals surface area contributed by atoms with Crippen LogP contribution in [0.1, 0.15) is 21.6 Å². The van der Waals surface area contributed by atoms with Crippen LogP contribution in [0.4, 0.5) is 0 Å². The molecular formula is C54H33NS. The Bertz CT molecular complexity index is 3150. The molecule has 2 aliphatic rings. The summed E-state index contributed by atoms with van der Waals surface area (Å²) in [5, 5.41) is 3.76. The van der Waals surface area contributed by atoms with Crippen molar-refractivity contribution < 1.29 is 0 Å². The number of nitrogens with zero attached hydrogens (tertiary/aromatic N) is 1. The highest BCUT2D eigenvalue weighted by Crippen LogP contribution is 2.66. The van der Waals surface area contributed by atoms with Crippen LogP contribution < -0.4 is 0 Å². The van der Waals surface area contributed by atoms with Gasteiger partial charge < -0.3 is 0 Å². The maximum atomic E-state index is 5.28. The van der Waals surface area contributed by atoms with Gasteiger partial charge in [-0.1, -0.05) is 170 Å².